The Kier molecular flexibility index (Phi) is 5.62. The summed E-state index contributed by atoms with van der Waals surface area (Å²) in [5, 5.41) is 12.1. The second-order valence-corrected chi connectivity index (χ2v) is 5.70. The molecular weight excluding hydrogens is 262 g/mol. The number of hydrogen-bond donors (Lipinski definition) is 2. The van der Waals surface area contributed by atoms with E-state index in [2.05, 4.69) is 15.2 Å². The maximum absolute atomic E-state index is 10.7. The Morgan fingerprint density at radius 3 is 2.84 bits per heavy atom. The van der Waals surface area contributed by atoms with Gasteiger partial charge in [-0.3, -0.25) is 4.98 Å². The van der Waals surface area contributed by atoms with Crippen molar-refractivity contribution in [1.29, 1.82) is 0 Å². The molecule has 1 aliphatic heterocycles. The second kappa shape index (κ2) is 7.47. The highest BCUT2D eigenvalue weighted by Gasteiger charge is 2.09. The van der Waals surface area contributed by atoms with Crippen LogP contribution < -0.4 is 5.32 Å². The molecule has 0 aromatic carbocycles. The number of carbonyl (C=O) groups is 1. The van der Waals surface area contributed by atoms with Crippen LogP contribution in [0, 0.1) is 0 Å². The highest BCUT2D eigenvalue weighted by atomic mass is 32.2. The Bertz CT molecular complexity index is 405. The smallest absolute Gasteiger partial charge is 0.337 e. The molecule has 104 valence electrons. The van der Waals surface area contributed by atoms with E-state index in [-0.39, 0.29) is 5.56 Å². The predicted octanol–water partition coefficient (Wildman–Crippen LogP) is 0.918. The molecule has 1 aromatic rings. The van der Waals surface area contributed by atoms with E-state index in [0.29, 0.717) is 6.54 Å². The molecule has 2 N–H and O–H groups in total. The molecule has 0 bridgehead atoms. The number of aromatic nitrogens is 1. The van der Waals surface area contributed by atoms with E-state index in [1.54, 1.807) is 12.1 Å². The summed E-state index contributed by atoms with van der Waals surface area (Å²) in [6.07, 6.45) is 1.40. The van der Waals surface area contributed by atoms with Gasteiger partial charge < -0.3 is 15.3 Å². The van der Waals surface area contributed by atoms with E-state index in [0.717, 1.165) is 18.8 Å². The predicted molar refractivity (Wildman–Crippen MR) is 76.7 cm³/mol. The first-order chi connectivity index (χ1) is 9.25. The Morgan fingerprint density at radius 1 is 1.42 bits per heavy atom. The number of thioether (sulfide) groups is 1. The van der Waals surface area contributed by atoms with Crippen LogP contribution in [0.2, 0.25) is 0 Å². The number of pyridine rings is 1. The van der Waals surface area contributed by atoms with Gasteiger partial charge in [0.2, 0.25) is 0 Å². The van der Waals surface area contributed by atoms with E-state index < -0.39 is 5.97 Å². The molecule has 0 spiro atoms. The average Bonchev–Trinajstić information content (AvgIpc) is 2.45. The lowest BCUT2D eigenvalue weighted by atomic mass is 10.2. The summed E-state index contributed by atoms with van der Waals surface area (Å²) in [5.41, 5.74) is 1.11. The zero-order valence-electron chi connectivity index (χ0n) is 10.8. The van der Waals surface area contributed by atoms with Crippen molar-refractivity contribution in [3.63, 3.8) is 0 Å². The highest BCUT2D eigenvalue weighted by molar-refractivity contribution is 7.99. The summed E-state index contributed by atoms with van der Waals surface area (Å²) in [6, 6.07) is 3.35. The van der Waals surface area contributed by atoms with Gasteiger partial charge in [0.25, 0.3) is 0 Å². The van der Waals surface area contributed by atoms with Crippen LogP contribution in [0.3, 0.4) is 0 Å². The van der Waals surface area contributed by atoms with Gasteiger partial charge in [-0.15, -0.1) is 0 Å². The molecule has 2 heterocycles. The number of aromatic carboxylic acids is 1. The molecule has 2 rings (SSSR count). The quantitative estimate of drug-likeness (QED) is 0.756. The molecule has 1 fully saturated rings. The molecule has 0 radical (unpaired) electrons. The van der Waals surface area contributed by atoms with Crippen molar-refractivity contribution >= 4 is 17.7 Å². The molecule has 1 aromatic heterocycles. The Morgan fingerprint density at radius 2 is 2.21 bits per heavy atom. The van der Waals surface area contributed by atoms with Crippen molar-refractivity contribution in [2.75, 3.05) is 37.7 Å². The SMILES string of the molecule is O=C(O)c1ccc(CNCCN2CCSCC2)nc1. The number of hydrogen-bond acceptors (Lipinski definition) is 5. The van der Waals surface area contributed by atoms with E-state index >= 15 is 0 Å². The first-order valence-corrected chi connectivity index (χ1v) is 7.60. The molecule has 1 aliphatic rings. The molecule has 0 aliphatic carbocycles. The third-order valence-electron chi connectivity index (χ3n) is 3.09. The minimum atomic E-state index is -0.935. The Hall–Kier alpha value is -1.11. The fraction of sp³-hybridized carbons (Fsp3) is 0.538. The fourth-order valence-electron chi connectivity index (χ4n) is 1.93. The molecular formula is C13H19N3O2S. The lowest BCUT2D eigenvalue weighted by Gasteiger charge is -2.26. The zero-order valence-corrected chi connectivity index (χ0v) is 11.7. The third kappa shape index (κ3) is 4.81. The Labute approximate surface area is 117 Å². The van der Waals surface area contributed by atoms with Crippen LogP contribution in [0.5, 0.6) is 0 Å². The number of nitrogens with one attached hydrogen (secondary N) is 1. The first-order valence-electron chi connectivity index (χ1n) is 6.45. The van der Waals surface area contributed by atoms with Crippen molar-refractivity contribution in [1.82, 2.24) is 15.2 Å². The molecule has 6 heteroatoms. The number of carboxylic acids is 1. The van der Waals surface area contributed by atoms with E-state index in [9.17, 15) is 4.79 Å². The van der Waals surface area contributed by atoms with Crippen molar-refractivity contribution in [2.45, 2.75) is 6.54 Å². The van der Waals surface area contributed by atoms with Gasteiger partial charge in [-0.05, 0) is 12.1 Å². The van der Waals surface area contributed by atoms with Gasteiger partial charge in [-0.25, -0.2) is 4.79 Å². The fourth-order valence-corrected chi connectivity index (χ4v) is 2.91. The molecule has 0 unspecified atom stereocenters. The molecule has 0 amide bonds. The minimum absolute atomic E-state index is 0.231. The van der Waals surface area contributed by atoms with E-state index in [4.69, 9.17) is 5.11 Å². The topological polar surface area (TPSA) is 65.5 Å². The first kappa shape index (κ1) is 14.3. The summed E-state index contributed by atoms with van der Waals surface area (Å²) < 4.78 is 0. The summed E-state index contributed by atoms with van der Waals surface area (Å²) in [4.78, 5) is 17.3. The molecule has 5 nitrogen and oxygen atoms in total. The van der Waals surface area contributed by atoms with Crippen LogP contribution in [-0.4, -0.2) is 58.6 Å². The average molecular weight is 281 g/mol. The summed E-state index contributed by atoms with van der Waals surface area (Å²) in [5.74, 6) is 1.53. The normalized spacial score (nSPS) is 16.4. The van der Waals surface area contributed by atoms with Crippen molar-refractivity contribution in [3.8, 4) is 0 Å². The van der Waals surface area contributed by atoms with Gasteiger partial charge in [0.15, 0.2) is 0 Å². The third-order valence-corrected chi connectivity index (χ3v) is 4.03. The zero-order chi connectivity index (χ0) is 13.5. The van der Waals surface area contributed by atoms with Crippen molar-refractivity contribution in [2.24, 2.45) is 0 Å². The number of nitrogens with zero attached hydrogens (tertiary/aromatic N) is 2. The van der Waals surface area contributed by atoms with Crippen LogP contribution in [-0.2, 0) is 6.54 Å². The molecule has 19 heavy (non-hydrogen) atoms. The maximum atomic E-state index is 10.7. The van der Waals surface area contributed by atoms with Crippen LogP contribution in [0.15, 0.2) is 18.3 Å². The van der Waals surface area contributed by atoms with Gasteiger partial charge in [-0.2, -0.15) is 11.8 Å². The maximum Gasteiger partial charge on any atom is 0.337 e. The largest absolute Gasteiger partial charge is 0.478 e. The lowest BCUT2D eigenvalue weighted by Crippen LogP contribution is -2.37. The van der Waals surface area contributed by atoms with Crippen LogP contribution in [0.4, 0.5) is 0 Å². The molecule has 0 atom stereocenters. The summed E-state index contributed by atoms with van der Waals surface area (Å²) in [6.45, 7) is 5.04. The monoisotopic (exact) mass is 281 g/mol. The summed E-state index contributed by atoms with van der Waals surface area (Å²) in [7, 11) is 0. The standard InChI is InChI=1S/C13H19N3O2S/c17-13(18)11-1-2-12(15-9-11)10-14-3-4-16-5-7-19-8-6-16/h1-2,9,14H,3-8,10H2,(H,17,18). The number of carboxylic acid groups (broad SMARTS) is 1. The second-order valence-electron chi connectivity index (χ2n) is 4.47. The van der Waals surface area contributed by atoms with Gasteiger partial charge in [-0.1, -0.05) is 0 Å². The van der Waals surface area contributed by atoms with Crippen LogP contribution >= 0.6 is 11.8 Å². The summed E-state index contributed by atoms with van der Waals surface area (Å²) >= 11 is 2.02. The van der Waals surface area contributed by atoms with Gasteiger partial charge >= 0.3 is 5.97 Å². The lowest BCUT2D eigenvalue weighted by molar-refractivity contribution is 0.0696. The molecule has 1 saturated heterocycles. The highest BCUT2D eigenvalue weighted by Crippen LogP contribution is 2.08. The van der Waals surface area contributed by atoms with Gasteiger partial charge in [0.1, 0.15) is 0 Å². The molecule has 0 saturated carbocycles. The van der Waals surface area contributed by atoms with Crippen molar-refractivity contribution in [3.05, 3.63) is 29.6 Å². The van der Waals surface area contributed by atoms with Gasteiger partial charge in [0.05, 0.1) is 11.3 Å². The minimum Gasteiger partial charge on any atom is -0.478 e. The van der Waals surface area contributed by atoms with E-state index in [1.165, 1.54) is 30.8 Å². The van der Waals surface area contributed by atoms with Gasteiger partial charge in [0, 0.05) is 50.4 Å². The van der Waals surface area contributed by atoms with E-state index in [1.807, 2.05) is 11.8 Å². The number of rotatable bonds is 6. The van der Waals surface area contributed by atoms with Crippen molar-refractivity contribution < 1.29 is 9.90 Å². The van der Waals surface area contributed by atoms with Crippen LogP contribution in [0.25, 0.3) is 0 Å². The Balaban J connectivity index is 1.66. The van der Waals surface area contributed by atoms with Crippen LogP contribution in [0.1, 0.15) is 16.1 Å².